The number of aryl methyl sites for hydroxylation is 1. The normalized spacial score (nSPS) is 18.3. The van der Waals surface area contributed by atoms with Gasteiger partial charge in [-0.05, 0) is 50.3 Å². The molecule has 1 aliphatic rings. The summed E-state index contributed by atoms with van der Waals surface area (Å²) in [5.41, 5.74) is 2.51. The molecule has 1 aromatic carbocycles. The second-order valence-electron chi connectivity index (χ2n) is 5.84. The molecule has 0 spiro atoms. The quantitative estimate of drug-likeness (QED) is 0.872. The molecule has 0 saturated heterocycles. The average molecular weight is 261 g/mol. The second-order valence-corrected chi connectivity index (χ2v) is 5.84. The van der Waals surface area contributed by atoms with Gasteiger partial charge in [0, 0.05) is 18.8 Å². The molecule has 2 heteroatoms. The van der Waals surface area contributed by atoms with Crippen LogP contribution in [0.25, 0.3) is 0 Å². The molecule has 1 unspecified atom stereocenters. The van der Waals surface area contributed by atoms with Crippen molar-refractivity contribution in [2.45, 2.75) is 52.1 Å². The molecule has 0 bridgehead atoms. The molecule has 0 aromatic heterocycles. The third-order valence-electron chi connectivity index (χ3n) is 4.35. The summed E-state index contributed by atoms with van der Waals surface area (Å²) in [6, 6.07) is 8.57. The molecular formula is C17H27NO. The van der Waals surface area contributed by atoms with Crippen LogP contribution < -0.4 is 4.90 Å². The van der Waals surface area contributed by atoms with Gasteiger partial charge in [0.2, 0.25) is 0 Å². The molecule has 2 rings (SSSR count). The van der Waals surface area contributed by atoms with Crippen molar-refractivity contribution in [1.82, 2.24) is 0 Å². The van der Waals surface area contributed by atoms with Crippen LogP contribution in [-0.4, -0.2) is 24.3 Å². The van der Waals surface area contributed by atoms with Gasteiger partial charge in [-0.1, -0.05) is 31.4 Å². The maximum Gasteiger partial charge on any atom is 0.0743 e. The summed E-state index contributed by atoms with van der Waals surface area (Å²) in [6.07, 6.45) is 6.15. The number of anilines is 1. The van der Waals surface area contributed by atoms with Crippen LogP contribution in [0.1, 0.15) is 44.6 Å². The third kappa shape index (κ3) is 3.97. The molecule has 1 atom stereocenters. The van der Waals surface area contributed by atoms with Crippen LogP contribution >= 0.6 is 0 Å². The van der Waals surface area contributed by atoms with Gasteiger partial charge in [-0.25, -0.2) is 0 Å². The van der Waals surface area contributed by atoms with Crippen LogP contribution in [0.15, 0.2) is 24.3 Å². The van der Waals surface area contributed by atoms with Gasteiger partial charge >= 0.3 is 0 Å². The van der Waals surface area contributed by atoms with Gasteiger partial charge < -0.3 is 10.0 Å². The zero-order valence-corrected chi connectivity index (χ0v) is 12.3. The number of nitrogens with zero attached hydrogens (tertiary/aromatic N) is 1. The van der Waals surface area contributed by atoms with Gasteiger partial charge in [0.25, 0.3) is 0 Å². The molecule has 2 nitrogen and oxygen atoms in total. The SMILES string of the molecule is CCN(CC(O)C1CCCCC1)c1cccc(C)c1. The maximum atomic E-state index is 10.5. The van der Waals surface area contributed by atoms with Crippen LogP contribution in [0.3, 0.4) is 0 Å². The zero-order chi connectivity index (χ0) is 13.7. The van der Waals surface area contributed by atoms with E-state index in [-0.39, 0.29) is 6.10 Å². The molecule has 1 saturated carbocycles. The van der Waals surface area contributed by atoms with Crippen LogP contribution in [0.2, 0.25) is 0 Å². The highest BCUT2D eigenvalue weighted by Gasteiger charge is 2.23. The van der Waals surface area contributed by atoms with Crippen molar-refractivity contribution in [3.8, 4) is 0 Å². The van der Waals surface area contributed by atoms with Crippen molar-refractivity contribution in [1.29, 1.82) is 0 Å². The Hall–Kier alpha value is -1.02. The standard InChI is InChI=1S/C17H27NO/c1-3-18(16-11-7-8-14(2)12-16)13-17(19)15-9-5-4-6-10-15/h7-8,11-12,15,17,19H,3-6,9-10,13H2,1-2H3. The highest BCUT2D eigenvalue weighted by Crippen LogP contribution is 2.27. The lowest BCUT2D eigenvalue weighted by atomic mass is 9.85. The predicted molar refractivity (Wildman–Crippen MR) is 81.6 cm³/mol. The zero-order valence-electron chi connectivity index (χ0n) is 12.3. The average Bonchev–Trinajstić information content (AvgIpc) is 2.45. The van der Waals surface area contributed by atoms with Crippen molar-refractivity contribution in [3.63, 3.8) is 0 Å². The van der Waals surface area contributed by atoms with Gasteiger partial charge in [0.1, 0.15) is 0 Å². The molecule has 106 valence electrons. The Morgan fingerprint density at radius 3 is 2.63 bits per heavy atom. The number of rotatable bonds is 5. The van der Waals surface area contributed by atoms with Crippen molar-refractivity contribution < 1.29 is 5.11 Å². The van der Waals surface area contributed by atoms with E-state index in [1.807, 2.05) is 0 Å². The Morgan fingerprint density at radius 1 is 1.26 bits per heavy atom. The van der Waals surface area contributed by atoms with Crippen LogP contribution in [0, 0.1) is 12.8 Å². The molecule has 1 aromatic rings. The first-order valence-electron chi connectivity index (χ1n) is 7.70. The van der Waals surface area contributed by atoms with E-state index in [1.54, 1.807) is 0 Å². The highest BCUT2D eigenvalue weighted by molar-refractivity contribution is 5.48. The summed E-state index contributed by atoms with van der Waals surface area (Å²) in [5.74, 6) is 0.507. The maximum absolute atomic E-state index is 10.5. The van der Waals surface area contributed by atoms with E-state index in [9.17, 15) is 5.11 Å². The largest absolute Gasteiger partial charge is 0.391 e. The topological polar surface area (TPSA) is 23.5 Å². The summed E-state index contributed by atoms with van der Waals surface area (Å²) in [6.45, 7) is 6.00. The van der Waals surface area contributed by atoms with E-state index in [0.29, 0.717) is 5.92 Å². The first kappa shape index (κ1) is 14.4. The van der Waals surface area contributed by atoms with Gasteiger partial charge in [-0.15, -0.1) is 0 Å². The van der Waals surface area contributed by atoms with Gasteiger partial charge in [0.05, 0.1) is 6.10 Å². The van der Waals surface area contributed by atoms with Crippen molar-refractivity contribution in [2.24, 2.45) is 5.92 Å². The number of hydrogen-bond donors (Lipinski definition) is 1. The number of benzene rings is 1. The number of hydrogen-bond acceptors (Lipinski definition) is 2. The lowest BCUT2D eigenvalue weighted by Crippen LogP contribution is -2.37. The first-order valence-corrected chi connectivity index (χ1v) is 7.70. The first-order chi connectivity index (χ1) is 9.20. The monoisotopic (exact) mass is 261 g/mol. The van der Waals surface area contributed by atoms with E-state index < -0.39 is 0 Å². The lowest BCUT2D eigenvalue weighted by molar-refractivity contribution is 0.0902. The Bertz CT molecular complexity index is 385. The Balaban J connectivity index is 1.98. The minimum absolute atomic E-state index is 0.180. The molecule has 0 amide bonds. The Labute approximate surface area is 117 Å². The summed E-state index contributed by atoms with van der Waals surface area (Å²) in [5, 5.41) is 10.5. The molecule has 0 aliphatic heterocycles. The predicted octanol–water partition coefficient (Wildman–Crippen LogP) is 3.76. The summed E-state index contributed by atoms with van der Waals surface area (Å²) in [7, 11) is 0. The Morgan fingerprint density at radius 2 is 2.00 bits per heavy atom. The van der Waals surface area contributed by atoms with Gasteiger partial charge in [-0.2, -0.15) is 0 Å². The number of likely N-dealkylation sites (N-methyl/N-ethyl adjacent to an activating group) is 1. The van der Waals surface area contributed by atoms with Crippen LogP contribution in [0.4, 0.5) is 5.69 Å². The minimum Gasteiger partial charge on any atom is -0.391 e. The molecule has 0 heterocycles. The minimum atomic E-state index is -0.180. The van der Waals surface area contributed by atoms with Crippen LogP contribution in [-0.2, 0) is 0 Å². The lowest BCUT2D eigenvalue weighted by Gasteiger charge is -2.32. The van der Waals surface area contributed by atoms with Crippen molar-refractivity contribution in [2.75, 3.05) is 18.0 Å². The Kier molecular flexibility index (Phi) is 5.26. The fraction of sp³-hybridized carbons (Fsp3) is 0.647. The number of aliphatic hydroxyl groups is 1. The smallest absolute Gasteiger partial charge is 0.0743 e. The van der Waals surface area contributed by atoms with Crippen molar-refractivity contribution >= 4 is 5.69 Å². The summed E-state index contributed by atoms with van der Waals surface area (Å²) in [4.78, 5) is 2.30. The van der Waals surface area contributed by atoms with Gasteiger partial charge in [0.15, 0.2) is 0 Å². The summed E-state index contributed by atoms with van der Waals surface area (Å²) >= 11 is 0. The molecule has 1 aliphatic carbocycles. The highest BCUT2D eigenvalue weighted by atomic mass is 16.3. The van der Waals surface area contributed by atoms with E-state index >= 15 is 0 Å². The number of aliphatic hydroxyl groups excluding tert-OH is 1. The second kappa shape index (κ2) is 6.95. The van der Waals surface area contributed by atoms with E-state index in [1.165, 1.54) is 43.4 Å². The molecule has 19 heavy (non-hydrogen) atoms. The molecule has 0 radical (unpaired) electrons. The third-order valence-corrected chi connectivity index (χ3v) is 4.35. The fourth-order valence-electron chi connectivity index (χ4n) is 3.14. The molecule has 1 N–H and O–H groups in total. The van der Waals surface area contributed by atoms with E-state index in [2.05, 4.69) is 43.0 Å². The fourth-order valence-corrected chi connectivity index (χ4v) is 3.14. The summed E-state index contributed by atoms with van der Waals surface area (Å²) < 4.78 is 0. The van der Waals surface area contributed by atoms with Crippen LogP contribution in [0.5, 0.6) is 0 Å². The van der Waals surface area contributed by atoms with E-state index in [0.717, 1.165) is 13.1 Å². The molecular weight excluding hydrogens is 234 g/mol. The van der Waals surface area contributed by atoms with Gasteiger partial charge in [-0.3, -0.25) is 0 Å². The van der Waals surface area contributed by atoms with E-state index in [4.69, 9.17) is 0 Å². The van der Waals surface area contributed by atoms with Crippen molar-refractivity contribution in [3.05, 3.63) is 29.8 Å². The molecule has 1 fully saturated rings.